The second-order valence-electron chi connectivity index (χ2n) is 5.62. The van der Waals surface area contributed by atoms with Crippen molar-refractivity contribution in [3.05, 3.63) is 35.9 Å². The Balaban J connectivity index is 1.80. The Hall–Kier alpha value is -1.31. The summed E-state index contributed by atoms with van der Waals surface area (Å²) in [5.74, 6) is 1.01. The summed E-state index contributed by atoms with van der Waals surface area (Å²) in [6, 6.07) is 10.3. The lowest BCUT2D eigenvalue weighted by molar-refractivity contribution is 0.0390. The second kappa shape index (κ2) is 5.13. The zero-order chi connectivity index (χ0) is 12.4. The maximum atomic E-state index is 12.6. The summed E-state index contributed by atoms with van der Waals surface area (Å²) in [7, 11) is 0. The summed E-state index contributed by atoms with van der Waals surface area (Å²) >= 11 is 0. The van der Waals surface area contributed by atoms with E-state index < -0.39 is 0 Å². The Bertz CT molecular complexity index is 412. The fourth-order valence-corrected chi connectivity index (χ4v) is 3.62. The standard InChI is InChI=1S/C16H21NO/c18-16(14-8-2-1-3-9-14)17-12-6-10-13-7-4-5-11-15(13)17/h1-3,8-9,13,15H,4-7,10-12H2/t13-,15+/m1/s1. The number of likely N-dealkylation sites (tertiary alicyclic amines) is 1. The summed E-state index contributed by atoms with van der Waals surface area (Å²) in [6.07, 6.45) is 7.68. The first-order valence-electron chi connectivity index (χ1n) is 7.22. The van der Waals surface area contributed by atoms with Crippen molar-refractivity contribution in [1.29, 1.82) is 0 Å². The Morgan fingerprint density at radius 2 is 1.72 bits per heavy atom. The van der Waals surface area contributed by atoms with Crippen LogP contribution in [0.4, 0.5) is 0 Å². The second-order valence-corrected chi connectivity index (χ2v) is 5.62. The van der Waals surface area contributed by atoms with E-state index in [1.54, 1.807) is 0 Å². The van der Waals surface area contributed by atoms with Gasteiger partial charge in [-0.15, -0.1) is 0 Å². The fraction of sp³-hybridized carbons (Fsp3) is 0.562. The minimum absolute atomic E-state index is 0.243. The Kier molecular flexibility index (Phi) is 3.35. The van der Waals surface area contributed by atoms with E-state index in [-0.39, 0.29) is 5.91 Å². The topological polar surface area (TPSA) is 20.3 Å². The molecular formula is C16H21NO. The number of nitrogens with zero attached hydrogens (tertiary/aromatic N) is 1. The molecule has 1 aromatic rings. The molecule has 0 aromatic heterocycles. The predicted octanol–water partition coefficient (Wildman–Crippen LogP) is 3.48. The van der Waals surface area contributed by atoms with Crippen molar-refractivity contribution in [3.8, 4) is 0 Å². The maximum absolute atomic E-state index is 12.6. The molecule has 96 valence electrons. The van der Waals surface area contributed by atoms with Crippen LogP contribution in [0.5, 0.6) is 0 Å². The lowest BCUT2D eigenvalue weighted by Crippen LogP contribution is -2.49. The molecule has 0 spiro atoms. The van der Waals surface area contributed by atoms with E-state index >= 15 is 0 Å². The summed E-state index contributed by atoms with van der Waals surface area (Å²) in [5.41, 5.74) is 0.851. The van der Waals surface area contributed by atoms with Crippen LogP contribution in [0, 0.1) is 5.92 Å². The van der Waals surface area contributed by atoms with Gasteiger partial charge in [-0.25, -0.2) is 0 Å². The number of hydrogen-bond acceptors (Lipinski definition) is 1. The van der Waals surface area contributed by atoms with Crippen molar-refractivity contribution >= 4 is 5.91 Å². The fourth-order valence-electron chi connectivity index (χ4n) is 3.62. The van der Waals surface area contributed by atoms with E-state index in [1.807, 2.05) is 30.3 Å². The maximum Gasteiger partial charge on any atom is 0.254 e. The number of carbonyl (C=O) groups is 1. The van der Waals surface area contributed by atoms with E-state index in [0.717, 1.165) is 18.0 Å². The number of amides is 1. The highest BCUT2D eigenvalue weighted by molar-refractivity contribution is 5.94. The van der Waals surface area contributed by atoms with Gasteiger partial charge in [0.1, 0.15) is 0 Å². The predicted molar refractivity (Wildman–Crippen MR) is 72.5 cm³/mol. The largest absolute Gasteiger partial charge is 0.335 e. The number of carbonyl (C=O) groups excluding carboxylic acids is 1. The third-order valence-electron chi connectivity index (χ3n) is 4.52. The van der Waals surface area contributed by atoms with Crippen molar-refractivity contribution < 1.29 is 4.79 Å². The average Bonchev–Trinajstić information content (AvgIpc) is 2.47. The first kappa shape index (κ1) is 11.8. The van der Waals surface area contributed by atoms with Gasteiger partial charge in [0, 0.05) is 18.2 Å². The molecule has 2 heteroatoms. The van der Waals surface area contributed by atoms with Gasteiger partial charge >= 0.3 is 0 Å². The first-order valence-corrected chi connectivity index (χ1v) is 7.22. The number of rotatable bonds is 1. The van der Waals surface area contributed by atoms with Crippen LogP contribution in [0.25, 0.3) is 0 Å². The molecule has 0 bridgehead atoms. The molecule has 1 heterocycles. The van der Waals surface area contributed by atoms with Crippen LogP contribution in [0.3, 0.4) is 0 Å². The van der Waals surface area contributed by atoms with Gasteiger partial charge in [-0.1, -0.05) is 31.0 Å². The molecule has 0 radical (unpaired) electrons. The van der Waals surface area contributed by atoms with Gasteiger partial charge in [-0.3, -0.25) is 4.79 Å². The molecule has 2 nitrogen and oxygen atoms in total. The van der Waals surface area contributed by atoms with E-state index in [0.29, 0.717) is 6.04 Å². The number of fused-ring (bicyclic) bond motifs is 1. The first-order chi connectivity index (χ1) is 8.86. The molecule has 18 heavy (non-hydrogen) atoms. The zero-order valence-electron chi connectivity index (χ0n) is 10.8. The molecule has 3 rings (SSSR count). The third-order valence-corrected chi connectivity index (χ3v) is 4.52. The van der Waals surface area contributed by atoms with Crippen molar-refractivity contribution in [2.75, 3.05) is 6.54 Å². The van der Waals surface area contributed by atoms with E-state index in [1.165, 1.54) is 38.5 Å². The molecule has 2 fully saturated rings. The lowest BCUT2D eigenvalue weighted by Gasteiger charge is -2.44. The molecule has 1 aliphatic heterocycles. The van der Waals surface area contributed by atoms with Gasteiger partial charge in [0.05, 0.1) is 0 Å². The van der Waals surface area contributed by atoms with Crippen molar-refractivity contribution in [2.24, 2.45) is 5.92 Å². The average molecular weight is 243 g/mol. The van der Waals surface area contributed by atoms with Gasteiger partial charge in [0.15, 0.2) is 0 Å². The highest BCUT2D eigenvalue weighted by atomic mass is 16.2. The monoisotopic (exact) mass is 243 g/mol. The smallest absolute Gasteiger partial charge is 0.254 e. The zero-order valence-corrected chi connectivity index (χ0v) is 10.8. The number of piperidine rings is 1. The quantitative estimate of drug-likeness (QED) is 0.739. The highest BCUT2D eigenvalue weighted by Gasteiger charge is 2.35. The summed E-state index contributed by atoms with van der Waals surface area (Å²) in [5, 5.41) is 0. The van der Waals surface area contributed by atoms with Crippen LogP contribution >= 0.6 is 0 Å². The molecule has 1 amide bonds. The molecule has 0 N–H and O–H groups in total. The van der Waals surface area contributed by atoms with Gasteiger partial charge in [-0.05, 0) is 43.7 Å². The van der Waals surface area contributed by atoms with Crippen LogP contribution in [-0.4, -0.2) is 23.4 Å². The van der Waals surface area contributed by atoms with Crippen LogP contribution in [0.2, 0.25) is 0 Å². The molecule has 0 unspecified atom stereocenters. The molecular weight excluding hydrogens is 222 g/mol. The Morgan fingerprint density at radius 1 is 1.00 bits per heavy atom. The van der Waals surface area contributed by atoms with Crippen LogP contribution in [0.1, 0.15) is 48.9 Å². The van der Waals surface area contributed by atoms with Gasteiger partial charge in [0.2, 0.25) is 0 Å². The van der Waals surface area contributed by atoms with Crippen molar-refractivity contribution in [3.63, 3.8) is 0 Å². The molecule has 1 saturated heterocycles. The van der Waals surface area contributed by atoms with E-state index in [4.69, 9.17) is 0 Å². The van der Waals surface area contributed by atoms with E-state index in [2.05, 4.69) is 4.90 Å². The molecule has 1 aromatic carbocycles. The Morgan fingerprint density at radius 3 is 2.56 bits per heavy atom. The minimum atomic E-state index is 0.243. The van der Waals surface area contributed by atoms with Crippen LogP contribution < -0.4 is 0 Å². The summed E-state index contributed by atoms with van der Waals surface area (Å²) in [4.78, 5) is 14.7. The number of benzene rings is 1. The molecule has 2 atom stereocenters. The van der Waals surface area contributed by atoms with Gasteiger partial charge in [-0.2, -0.15) is 0 Å². The van der Waals surface area contributed by atoms with Gasteiger partial charge in [0.25, 0.3) is 5.91 Å². The van der Waals surface area contributed by atoms with Gasteiger partial charge < -0.3 is 4.90 Å². The van der Waals surface area contributed by atoms with Crippen molar-refractivity contribution in [1.82, 2.24) is 4.90 Å². The van der Waals surface area contributed by atoms with E-state index in [9.17, 15) is 4.79 Å². The van der Waals surface area contributed by atoms with Crippen LogP contribution in [0.15, 0.2) is 30.3 Å². The molecule has 1 saturated carbocycles. The number of hydrogen-bond donors (Lipinski definition) is 0. The summed E-state index contributed by atoms with van der Waals surface area (Å²) in [6.45, 7) is 0.953. The highest BCUT2D eigenvalue weighted by Crippen LogP contribution is 2.35. The third kappa shape index (κ3) is 2.16. The SMILES string of the molecule is O=C(c1ccccc1)N1CCC[C@H]2CCCC[C@@H]21. The van der Waals surface area contributed by atoms with Crippen molar-refractivity contribution in [2.45, 2.75) is 44.6 Å². The van der Waals surface area contributed by atoms with Crippen LogP contribution in [-0.2, 0) is 0 Å². The normalized spacial score (nSPS) is 27.7. The minimum Gasteiger partial charge on any atom is -0.335 e. The lowest BCUT2D eigenvalue weighted by atomic mass is 9.78. The Labute approximate surface area is 109 Å². The molecule has 2 aliphatic rings. The molecule has 1 aliphatic carbocycles. The summed E-state index contributed by atoms with van der Waals surface area (Å²) < 4.78 is 0.